The Kier molecular flexibility index (Phi) is 3.53. The summed E-state index contributed by atoms with van der Waals surface area (Å²) in [7, 11) is -3.66. The number of carbonyl (C=O) groups is 1. The molecule has 0 bridgehead atoms. The molecule has 1 aliphatic rings. The van der Waals surface area contributed by atoms with Crippen LogP contribution < -0.4 is 4.31 Å². The molecule has 3 rings (SSSR count). The van der Waals surface area contributed by atoms with E-state index in [0.29, 0.717) is 12.1 Å². The van der Waals surface area contributed by atoms with Gasteiger partial charge >= 0.3 is 0 Å². The summed E-state index contributed by atoms with van der Waals surface area (Å²) < 4.78 is 27.3. The number of Topliss-reactive ketones (excluding diaryl/α,β-unsaturated/α-hetero) is 1. The summed E-state index contributed by atoms with van der Waals surface area (Å²) in [5, 5.41) is 0. The smallest absolute Gasteiger partial charge is 0.264 e. The highest BCUT2D eigenvalue weighted by Crippen LogP contribution is 2.39. The number of hydrogen-bond donors (Lipinski definition) is 0. The molecule has 1 heterocycles. The Morgan fingerprint density at radius 1 is 1.14 bits per heavy atom. The Balaban J connectivity index is 2.09. The van der Waals surface area contributed by atoms with Gasteiger partial charge in [0.25, 0.3) is 10.0 Å². The molecule has 2 aromatic carbocycles. The second kappa shape index (κ2) is 5.25. The van der Waals surface area contributed by atoms with Gasteiger partial charge in [-0.2, -0.15) is 0 Å². The van der Waals surface area contributed by atoms with Crippen LogP contribution in [0.5, 0.6) is 0 Å². The van der Waals surface area contributed by atoms with Crippen LogP contribution in [0.4, 0.5) is 5.69 Å². The highest BCUT2D eigenvalue weighted by atomic mass is 32.2. The lowest BCUT2D eigenvalue weighted by Gasteiger charge is -2.20. The van der Waals surface area contributed by atoms with Crippen LogP contribution in [0.3, 0.4) is 0 Å². The van der Waals surface area contributed by atoms with Gasteiger partial charge in [-0.25, -0.2) is 8.42 Å². The van der Waals surface area contributed by atoms with E-state index >= 15 is 0 Å². The molecule has 1 unspecified atom stereocenters. The molecule has 0 saturated carbocycles. The molecular formula is C17H17NO3S. The first-order valence-electron chi connectivity index (χ1n) is 7.14. The molecule has 0 aliphatic carbocycles. The van der Waals surface area contributed by atoms with E-state index in [1.165, 1.54) is 23.4 Å². The van der Waals surface area contributed by atoms with Gasteiger partial charge in [0.05, 0.1) is 10.6 Å². The largest absolute Gasteiger partial charge is 0.295 e. The lowest BCUT2D eigenvalue weighted by Crippen LogP contribution is -2.29. The van der Waals surface area contributed by atoms with Gasteiger partial charge in [-0.3, -0.25) is 9.10 Å². The van der Waals surface area contributed by atoms with Gasteiger partial charge in [0.15, 0.2) is 5.78 Å². The first-order valence-corrected chi connectivity index (χ1v) is 8.58. The molecule has 0 saturated heterocycles. The lowest BCUT2D eigenvalue weighted by molar-refractivity contribution is 0.101. The van der Waals surface area contributed by atoms with E-state index in [1.54, 1.807) is 12.1 Å². The normalized spacial score (nSPS) is 17.4. The number of sulfonamides is 1. The highest BCUT2D eigenvalue weighted by Gasteiger charge is 2.34. The van der Waals surface area contributed by atoms with Gasteiger partial charge in [-0.05, 0) is 30.7 Å². The Morgan fingerprint density at radius 2 is 1.86 bits per heavy atom. The fourth-order valence-corrected chi connectivity index (χ4v) is 4.43. The van der Waals surface area contributed by atoms with Gasteiger partial charge in [0.2, 0.25) is 0 Å². The minimum atomic E-state index is -3.66. The van der Waals surface area contributed by atoms with Gasteiger partial charge in [-0.15, -0.1) is 0 Å². The highest BCUT2D eigenvalue weighted by molar-refractivity contribution is 7.92. The first-order chi connectivity index (χ1) is 10.4. The molecule has 0 N–H and O–H groups in total. The summed E-state index contributed by atoms with van der Waals surface area (Å²) >= 11 is 0. The summed E-state index contributed by atoms with van der Waals surface area (Å²) in [6.45, 7) is 3.87. The van der Waals surface area contributed by atoms with E-state index in [0.717, 1.165) is 11.3 Å². The maximum absolute atomic E-state index is 12.9. The predicted molar refractivity (Wildman–Crippen MR) is 85.8 cm³/mol. The average Bonchev–Trinajstić information content (AvgIpc) is 2.86. The fourth-order valence-electron chi connectivity index (χ4n) is 2.81. The van der Waals surface area contributed by atoms with Crippen molar-refractivity contribution < 1.29 is 13.2 Å². The molecule has 5 heteroatoms. The molecule has 4 nitrogen and oxygen atoms in total. The Bertz CT molecular complexity index is 842. The number of para-hydroxylation sites is 1. The third-order valence-electron chi connectivity index (χ3n) is 4.00. The minimum absolute atomic E-state index is 0.146. The second-order valence-corrected chi connectivity index (χ2v) is 7.44. The van der Waals surface area contributed by atoms with Crippen LogP contribution in [0, 0.1) is 0 Å². The first kappa shape index (κ1) is 14.8. The molecule has 1 atom stereocenters. The van der Waals surface area contributed by atoms with Crippen molar-refractivity contribution in [1.29, 1.82) is 0 Å². The summed E-state index contributed by atoms with van der Waals surface area (Å²) in [6.07, 6.45) is 0. The third kappa shape index (κ3) is 2.31. The summed E-state index contributed by atoms with van der Waals surface area (Å²) in [4.78, 5) is 11.6. The van der Waals surface area contributed by atoms with E-state index in [-0.39, 0.29) is 16.6 Å². The molecule has 114 valence electrons. The number of anilines is 1. The number of nitrogens with zero attached hydrogens (tertiary/aromatic N) is 1. The summed E-state index contributed by atoms with van der Waals surface area (Å²) in [6, 6.07) is 13.8. The number of ketones is 1. The van der Waals surface area contributed by atoms with Crippen LogP contribution in [0.2, 0.25) is 0 Å². The van der Waals surface area contributed by atoms with Crippen molar-refractivity contribution in [2.24, 2.45) is 0 Å². The lowest BCUT2D eigenvalue weighted by atomic mass is 10.0. The number of fused-ring (bicyclic) bond motifs is 1. The zero-order valence-corrected chi connectivity index (χ0v) is 13.3. The number of benzene rings is 2. The molecule has 0 spiro atoms. The quantitative estimate of drug-likeness (QED) is 0.817. The fraction of sp³-hybridized carbons (Fsp3) is 0.235. The molecule has 1 aliphatic heterocycles. The van der Waals surface area contributed by atoms with Crippen LogP contribution in [0.15, 0.2) is 53.4 Å². The van der Waals surface area contributed by atoms with Crippen LogP contribution >= 0.6 is 0 Å². The van der Waals surface area contributed by atoms with Crippen LogP contribution in [0.1, 0.15) is 35.7 Å². The average molecular weight is 315 g/mol. The molecule has 0 fully saturated rings. The predicted octanol–water partition coefficient (Wildman–Crippen LogP) is 3.20. The van der Waals surface area contributed by atoms with Crippen molar-refractivity contribution in [3.05, 3.63) is 59.7 Å². The molecule has 2 aromatic rings. The number of rotatable bonds is 3. The van der Waals surface area contributed by atoms with Gasteiger partial charge in [0, 0.05) is 18.0 Å². The molecule has 0 amide bonds. The maximum Gasteiger partial charge on any atom is 0.264 e. The summed E-state index contributed by atoms with van der Waals surface area (Å²) in [5.41, 5.74) is 2.17. The Morgan fingerprint density at radius 3 is 2.59 bits per heavy atom. The van der Waals surface area contributed by atoms with Crippen molar-refractivity contribution in [1.82, 2.24) is 0 Å². The molecular weight excluding hydrogens is 298 g/mol. The minimum Gasteiger partial charge on any atom is -0.295 e. The standard InChI is InChI=1S/C17H17NO3S/c1-12-11-18(17-9-4-3-8-16(12)17)22(20,21)15-7-5-6-14(10-15)13(2)19/h3-10,12H,11H2,1-2H3. The van der Waals surface area contributed by atoms with Crippen LogP contribution in [-0.4, -0.2) is 20.7 Å². The van der Waals surface area contributed by atoms with Crippen molar-refractivity contribution in [3.8, 4) is 0 Å². The Hall–Kier alpha value is -2.14. The second-order valence-electron chi connectivity index (χ2n) is 5.58. The molecule has 22 heavy (non-hydrogen) atoms. The topological polar surface area (TPSA) is 54.5 Å². The monoisotopic (exact) mass is 315 g/mol. The number of hydrogen-bond acceptors (Lipinski definition) is 3. The summed E-state index contributed by atoms with van der Waals surface area (Å²) in [5.74, 6) is 0.00852. The van der Waals surface area contributed by atoms with Crippen molar-refractivity contribution in [3.63, 3.8) is 0 Å². The van der Waals surface area contributed by atoms with Gasteiger partial charge in [0.1, 0.15) is 0 Å². The van der Waals surface area contributed by atoms with E-state index in [1.807, 2.05) is 31.2 Å². The molecule has 0 radical (unpaired) electrons. The van der Waals surface area contributed by atoms with Crippen LogP contribution in [-0.2, 0) is 10.0 Å². The SMILES string of the molecule is CC(=O)c1cccc(S(=O)(=O)N2CC(C)c3ccccc32)c1. The van der Waals surface area contributed by atoms with Crippen molar-refractivity contribution in [2.45, 2.75) is 24.7 Å². The number of carbonyl (C=O) groups excluding carboxylic acids is 1. The van der Waals surface area contributed by atoms with E-state index in [2.05, 4.69) is 0 Å². The van der Waals surface area contributed by atoms with E-state index < -0.39 is 10.0 Å². The van der Waals surface area contributed by atoms with Crippen molar-refractivity contribution >= 4 is 21.5 Å². The van der Waals surface area contributed by atoms with Crippen molar-refractivity contribution in [2.75, 3.05) is 10.8 Å². The Labute approximate surface area is 130 Å². The third-order valence-corrected chi connectivity index (χ3v) is 5.78. The zero-order chi connectivity index (χ0) is 15.9. The van der Waals surface area contributed by atoms with E-state index in [9.17, 15) is 13.2 Å². The zero-order valence-electron chi connectivity index (χ0n) is 12.5. The van der Waals surface area contributed by atoms with Gasteiger partial charge in [-0.1, -0.05) is 37.3 Å². The maximum atomic E-state index is 12.9. The van der Waals surface area contributed by atoms with Gasteiger partial charge < -0.3 is 0 Å². The molecule has 0 aromatic heterocycles. The van der Waals surface area contributed by atoms with E-state index in [4.69, 9.17) is 0 Å². The van der Waals surface area contributed by atoms with Crippen LogP contribution in [0.25, 0.3) is 0 Å².